The molecule has 0 bridgehead atoms. The third-order valence-electron chi connectivity index (χ3n) is 4.49. The second-order valence-electron chi connectivity index (χ2n) is 6.61. The molecular formula is C21H16FN3O5S2. The van der Waals surface area contributed by atoms with Crippen LogP contribution < -0.4 is 0 Å². The molecule has 0 fully saturated rings. The number of nitrogens with zero attached hydrogens (tertiary/aromatic N) is 3. The molecule has 0 unspecified atom stereocenters. The van der Waals surface area contributed by atoms with Crippen LogP contribution >= 0.6 is 0 Å². The summed E-state index contributed by atoms with van der Waals surface area (Å²) in [6, 6.07) is 12.6. The molecule has 0 saturated carbocycles. The third-order valence-corrected chi connectivity index (χ3v) is 7.39. The molecule has 1 aromatic carbocycles. The Bertz CT molecular complexity index is 1460. The van der Waals surface area contributed by atoms with Gasteiger partial charge in [0.05, 0.1) is 12.3 Å². The van der Waals surface area contributed by atoms with Gasteiger partial charge in [0.1, 0.15) is 15.6 Å². The summed E-state index contributed by atoms with van der Waals surface area (Å²) in [6.07, 6.45) is 6.35. The van der Waals surface area contributed by atoms with Gasteiger partial charge in [0, 0.05) is 36.5 Å². The molecule has 164 valence electrons. The number of rotatable bonds is 7. The van der Waals surface area contributed by atoms with Gasteiger partial charge in [-0.3, -0.25) is 14.2 Å². The fraction of sp³-hybridized carbons (Fsp3) is 0.0476. The second kappa shape index (κ2) is 8.61. The summed E-state index contributed by atoms with van der Waals surface area (Å²) in [5.74, 6) is -0.635. The lowest BCUT2D eigenvalue weighted by atomic mass is 10.1. The van der Waals surface area contributed by atoms with Crippen LogP contribution in [0.3, 0.4) is 0 Å². The Morgan fingerprint density at radius 2 is 1.53 bits per heavy atom. The summed E-state index contributed by atoms with van der Waals surface area (Å²) in [5.41, 5.74) is 0.258. The zero-order valence-electron chi connectivity index (χ0n) is 16.4. The molecule has 0 aliphatic rings. The standard InChI is InChI=1S/C21H16FN3O5S2/c22-20-8-2-1-7-19(20)21-11-16(15-30-32(28,29)18-6-4-10-24-13-18)14-25(21)31(26,27)17-5-3-9-23-12-17/h1-14H,15H2. The van der Waals surface area contributed by atoms with Crippen LogP contribution in [0, 0.1) is 5.82 Å². The molecule has 4 aromatic rings. The molecule has 8 nitrogen and oxygen atoms in total. The first-order valence-electron chi connectivity index (χ1n) is 9.20. The van der Waals surface area contributed by atoms with Crippen molar-refractivity contribution in [3.05, 3.63) is 97.0 Å². The quantitative estimate of drug-likeness (QED) is 0.379. The Morgan fingerprint density at radius 1 is 0.875 bits per heavy atom. The number of benzene rings is 1. The highest BCUT2D eigenvalue weighted by Crippen LogP contribution is 2.29. The van der Waals surface area contributed by atoms with E-state index in [0.717, 1.165) is 10.2 Å². The molecule has 0 amide bonds. The van der Waals surface area contributed by atoms with Gasteiger partial charge < -0.3 is 0 Å². The van der Waals surface area contributed by atoms with Crippen LogP contribution in [0.15, 0.2) is 95.4 Å². The molecule has 3 heterocycles. The maximum atomic E-state index is 14.5. The van der Waals surface area contributed by atoms with Crippen molar-refractivity contribution in [1.82, 2.24) is 13.9 Å². The highest BCUT2D eigenvalue weighted by Gasteiger charge is 2.24. The predicted molar refractivity (Wildman–Crippen MR) is 113 cm³/mol. The van der Waals surface area contributed by atoms with Gasteiger partial charge in [-0.1, -0.05) is 12.1 Å². The van der Waals surface area contributed by atoms with Crippen LogP contribution in [-0.4, -0.2) is 30.8 Å². The van der Waals surface area contributed by atoms with E-state index in [-0.39, 0.29) is 26.6 Å². The first kappa shape index (κ1) is 21.8. The molecule has 4 rings (SSSR count). The van der Waals surface area contributed by atoms with E-state index in [9.17, 15) is 21.2 Å². The summed E-state index contributed by atoms with van der Waals surface area (Å²) in [5, 5.41) is 0. The van der Waals surface area contributed by atoms with E-state index in [0.29, 0.717) is 0 Å². The van der Waals surface area contributed by atoms with Crippen molar-refractivity contribution in [3.8, 4) is 11.3 Å². The summed E-state index contributed by atoms with van der Waals surface area (Å²) < 4.78 is 71.6. The van der Waals surface area contributed by atoms with Crippen LogP contribution in [0.4, 0.5) is 4.39 Å². The maximum absolute atomic E-state index is 14.5. The van der Waals surface area contributed by atoms with Gasteiger partial charge in [0.2, 0.25) is 0 Å². The largest absolute Gasteiger partial charge is 0.298 e. The Kier molecular flexibility index (Phi) is 5.87. The van der Waals surface area contributed by atoms with Crippen molar-refractivity contribution in [2.24, 2.45) is 0 Å². The zero-order chi connectivity index (χ0) is 22.8. The molecule has 0 spiro atoms. The zero-order valence-corrected chi connectivity index (χ0v) is 18.0. The van der Waals surface area contributed by atoms with Crippen molar-refractivity contribution in [3.63, 3.8) is 0 Å². The second-order valence-corrected chi connectivity index (χ2v) is 10.0. The van der Waals surface area contributed by atoms with Crippen molar-refractivity contribution in [1.29, 1.82) is 0 Å². The van der Waals surface area contributed by atoms with Crippen molar-refractivity contribution < 1.29 is 25.4 Å². The van der Waals surface area contributed by atoms with E-state index < -0.39 is 32.6 Å². The van der Waals surface area contributed by atoms with Crippen LogP contribution in [0.2, 0.25) is 0 Å². The average Bonchev–Trinajstić information content (AvgIpc) is 3.24. The highest BCUT2D eigenvalue weighted by molar-refractivity contribution is 7.90. The van der Waals surface area contributed by atoms with Gasteiger partial charge in [-0.25, -0.2) is 16.8 Å². The van der Waals surface area contributed by atoms with Crippen molar-refractivity contribution in [2.45, 2.75) is 16.4 Å². The fourth-order valence-electron chi connectivity index (χ4n) is 2.96. The van der Waals surface area contributed by atoms with Crippen molar-refractivity contribution >= 4 is 20.1 Å². The van der Waals surface area contributed by atoms with Crippen molar-refractivity contribution in [2.75, 3.05) is 0 Å². The van der Waals surface area contributed by atoms with Gasteiger partial charge in [0.25, 0.3) is 20.1 Å². The lowest BCUT2D eigenvalue weighted by molar-refractivity contribution is 0.308. The monoisotopic (exact) mass is 473 g/mol. The molecule has 0 atom stereocenters. The molecule has 0 aliphatic heterocycles. The smallest absolute Gasteiger partial charge is 0.263 e. The Hall–Kier alpha value is -3.41. The van der Waals surface area contributed by atoms with Crippen LogP contribution in [0.1, 0.15) is 5.56 Å². The summed E-state index contributed by atoms with van der Waals surface area (Å²) in [7, 11) is -8.27. The topological polar surface area (TPSA) is 108 Å². The number of hydrogen-bond acceptors (Lipinski definition) is 7. The minimum absolute atomic E-state index is 0.0179. The summed E-state index contributed by atoms with van der Waals surface area (Å²) in [6.45, 7) is -0.464. The van der Waals surface area contributed by atoms with Crippen LogP contribution in [-0.2, 0) is 30.9 Å². The third kappa shape index (κ3) is 4.31. The molecular weight excluding hydrogens is 457 g/mol. The normalized spacial score (nSPS) is 12.0. The lowest BCUT2D eigenvalue weighted by Crippen LogP contribution is -2.14. The minimum Gasteiger partial charge on any atom is -0.263 e. The first-order valence-corrected chi connectivity index (χ1v) is 12.0. The minimum atomic E-state index is -4.15. The molecule has 32 heavy (non-hydrogen) atoms. The van der Waals surface area contributed by atoms with Crippen LogP contribution in [0.25, 0.3) is 11.3 Å². The van der Waals surface area contributed by atoms with E-state index in [4.69, 9.17) is 4.18 Å². The van der Waals surface area contributed by atoms with E-state index in [2.05, 4.69) is 9.97 Å². The molecule has 0 saturated heterocycles. The number of pyridine rings is 2. The Morgan fingerprint density at radius 3 is 2.16 bits per heavy atom. The molecule has 0 aliphatic carbocycles. The SMILES string of the molecule is O=S(=O)(OCc1cc(-c2ccccc2F)n(S(=O)(=O)c2cccnc2)c1)c1cccnc1. The van der Waals surface area contributed by atoms with E-state index in [1.165, 1.54) is 73.3 Å². The molecule has 3 aromatic heterocycles. The maximum Gasteiger partial charge on any atom is 0.298 e. The first-order chi connectivity index (χ1) is 15.3. The molecule has 0 radical (unpaired) electrons. The highest BCUT2D eigenvalue weighted by atomic mass is 32.2. The number of aromatic nitrogens is 3. The van der Waals surface area contributed by atoms with Crippen LogP contribution in [0.5, 0.6) is 0 Å². The van der Waals surface area contributed by atoms with E-state index >= 15 is 0 Å². The summed E-state index contributed by atoms with van der Waals surface area (Å²) >= 11 is 0. The van der Waals surface area contributed by atoms with Gasteiger partial charge in [-0.05, 0) is 48.0 Å². The van der Waals surface area contributed by atoms with Gasteiger partial charge in [-0.2, -0.15) is 8.42 Å². The molecule has 11 heteroatoms. The number of halogens is 1. The van der Waals surface area contributed by atoms with Gasteiger partial charge >= 0.3 is 0 Å². The molecule has 0 N–H and O–H groups in total. The predicted octanol–water partition coefficient (Wildman–Crippen LogP) is 3.23. The summed E-state index contributed by atoms with van der Waals surface area (Å²) in [4.78, 5) is 7.33. The van der Waals surface area contributed by atoms with E-state index in [1.807, 2.05) is 0 Å². The van der Waals surface area contributed by atoms with Gasteiger partial charge in [-0.15, -0.1) is 0 Å². The lowest BCUT2D eigenvalue weighted by Gasteiger charge is -2.10. The Balaban J connectivity index is 1.76. The van der Waals surface area contributed by atoms with E-state index in [1.54, 1.807) is 6.07 Å². The average molecular weight is 474 g/mol. The fourth-order valence-corrected chi connectivity index (χ4v) is 5.18. The van der Waals surface area contributed by atoms with Gasteiger partial charge in [0.15, 0.2) is 0 Å². The Labute approximate surface area is 184 Å². The number of hydrogen-bond donors (Lipinski definition) is 0.